The molecule has 2 N–H and O–H groups in total. The predicted molar refractivity (Wildman–Crippen MR) is 98.8 cm³/mol. The van der Waals surface area contributed by atoms with Gasteiger partial charge in [0.15, 0.2) is 0 Å². The van der Waals surface area contributed by atoms with E-state index in [0.717, 1.165) is 44.7 Å². The van der Waals surface area contributed by atoms with Gasteiger partial charge in [-0.3, -0.25) is 15.1 Å². The molecule has 0 atom stereocenters. The highest BCUT2D eigenvalue weighted by molar-refractivity contribution is 5.93. The fraction of sp³-hybridized carbons (Fsp3) is 0.0526. The molecule has 5 aromatic heterocycles. The van der Waals surface area contributed by atoms with Gasteiger partial charge in [0, 0.05) is 18.0 Å². The molecule has 0 unspecified atom stereocenters. The summed E-state index contributed by atoms with van der Waals surface area (Å²) in [4.78, 5) is 16.7. The summed E-state index contributed by atoms with van der Waals surface area (Å²) in [6.45, 7) is 0. The first-order valence-corrected chi connectivity index (χ1v) is 8.10. The molecule has 5 rings (SSSR count). The van der Waals surface area contributed by atoms with Crippen LogP contribution in [0, 0.1) is 0 Å². The van der Waals surface area contributed by atoms with Crippen LogP contribution in [0.25, 0.3) is 44.7 Å². The minimum atomic E-state index is 0.693. The van der Waals surface area contributed by atoms with Crippen LogP contribution in [0.3, 0.4) is 0 Å². The van der Waals surface area contributed by atoms with Crippen LogP contribution in [0.1, 0.15) is 0 Å². The van der Waals surface area contributed by atoms with E-state index >= 15 is 0 Å². The van der Waals surface area contributed by atoms with Gasteiger partial charge in [-0.05, 0) is 36.4 Å². The molecule has 0 saturated heterocycles. The molecular weight excluding hydrogens is 328 g/mol. The zero-order chi connectivity index (χ0) is 17.5. The number of aromatic amines is 2. The predicted octanol–water partition coefficient (Wildman–Crippen LogP) is 3.57. The quantitative estimate of drug-likeness (QED) is 0.523. The summed E-state index contributed by atoms with van der Waals surface area (Å²) in [6.07, 6.45) is 5.21. The first kappa shape index (κ1) is 14.6. The smallest absolute Gasteiger partial charge is 0.137 e. The van der Waals surface area contributed by atoms with E-state index in [1.54, 1.807) is 25.7 Å². The van der Waals surface area contributed by atoms with Crippen molar-refractivity contribution < 1.29 is 4.74 Å². The molecule has 0 bridgehead atoms. The normalized spacial score (nSPS) is 11.3. The maximum absolute atomic E-state index is 5.25. The monoisotopic (exact) mass is 342 g/mol. The fourth-order valence-corrected chi connectivity index (χ4v) is 3.00. The van der Waals surface area contributed by atoms with Crippen LogP contribution in [0.2, 0.25) is 0 Å². The van der Waals surface area contributed by atoms with E-state index in [-0.39, 0.29) is 0 Å². The van der Waals surface area contributed by atoms with E-state index in [1.165, 1.54) is 0 Å². The van der Waals surface area contributed by atoms with Crippen molar-refractivity contribution in [3.8, 4) is 28.4 Å². The number of H-pyrrole nitrogens is 2. The molecule has 126 valence electrons. The Hall–Kier alpha value is -3.74. The lowest BCUT2D eigenvalue weighted by Gasteiger charge is -2.04. The molecule has 0 aromatic carbocycles. The van der Waals surface area contributed by atoms with Crippen LogP contribution in [0.5, 0.6) is 5.75 Å². The minimum absolute atomic E-state index is 0.693. The number of fused-ring (bicyclic) bond motifs is 2. The Morgan fingerprint density at radius 2 is 2.00 bits per heavy atom. The molecule has 26 heavy (non-hydrogen) atoms. The van der Waals surface area contributed by atoms with Gasteiger partial charge in [0.25, 0.3) is 0 Å². The van der Waals surface area contributed by atoms with Crippen molar-refractivity contribution in [2.45, 2.75) is 0 Å². The molecule has 7 nitrogen and oxygen atoms in total. The fourth-order valence-electron chi connectivity index (χ4n) is 3.00. The highest BCUT2D eigenvalue weighted by atomic mass is 16.5. The number of hydrogen-bond acceptors (Lipinski definition) is 5. The summed E-state index contributed by atoms with van der Waals surface area (Å²) in [7, 11) is 1.62. The zero-order valence-electron chi connectivity index (χ0n) is 13.9. The van der Waals surface area contributed by atoms with E-state index in [2.05, 4.69) is 25.1 Å². The van der Waals surface area contributed by atoms with E-state index in [1.807, 2.05) is 36.4 Å². The van der Waals surface area contributed by atoms with Gasteiger partial charge in [-0.25, -0.2) is 4.98 Å². The molecule has 0 radical (unpaired) electrons. The van der Waals surface area contributed by atoms with E-state index in [4.69, 9.17) is 9.72 Å². The van der Waals surface area contributed by atoms with Crippen LogP contribution in [-0.2, 0) is 0 Å². The Morgan fingerprint density at radius 3 is 2.88 bits per heavy atom. The summed E-state index contributed by atoms with van der Waals surface area (Å²) in [5.74, 6) is 0.693. The van der Waals surface area contributed by atoms with Crippen molar-refractivity contribution >= 4 is 22.1 Å². The lowest BCUT2D eigenvalue weighted by molar-refractivity contribution is 0.413. The Kier molecular flexibility index (Phi) is 3.18. The SMILES string of the molecule is COc1cncc(-c2ccc3[nH]nc(-c4cc5ncccc5[nH]4)c3n2)c1. The lowest BCUT2D eigenvalue weighted by atomic mass is 10.1. The standard InChI is InChI=1S/C19H14N6O/c1-26-12-7-11(9-20-10-12)13-4-5-15-18(23-13)19(25-24-15)17-8-16-14(22-17)3-2-6-21-16/h2-10,22H,1H3,(H,24,25). The number of rotatable bonds is 3. The van der Waals surface area contributed by atoms with Gasteiger partial charge in [-0.2, -0.15) is 5.10 Å². The number of hydrogen-bond donors (Lipinski definition) is 2. The molecule has 7 heteroatoms. The second-order valence-corrected chi connectivity index (χ2v) is 5.90. The second-order valence-electron chi connectivity index (χ2n) is 5.90. The van der Waals surface area contributed by atoms with Gasteiger partial charge in [-0.1, -0.05) is 0 Å². The number of nitrogens with one attached hydrogen (secondary N) is 2. The average Bonchev–Trinajstić information content (AvgIpc) is 3.31. The molecule has 0 aliphatic carbocycles. The molecule has 0 fully saturated rings. The highest BCUT2D eigenvalue weighted by Gasteiger charge is 2.14. The van der Waals surface area contributed by atoms with Crippen molar-refractivity contribution in [2.24, 2.45) is 0 Å². The van der Waals surface area contributed by atoms with Crippen molar-refractivity contribution in [3.05, 3.63) is 55.0 Å². The van der Waals surface area contributed by atoms with Crippen LogP contribution in [-0.4, -0.2) is 37.2 Å². The van der Waals surface area contributed by atoms with Gasteiger partial charge >= 0.3 is 0 Å². The van der Waals surface area contributed by atoms with E-state index in [0.29, 0.717) is 5.75 Å². The third-order valence-electron chi connectivity index (χ3n) is 4.30. The Morgan fingerprint density at radius 1 is 1.04 bits per heavy atom. The summed E-state index contributed by atoms with van der Waals surface area (Å²) >= 11 is 0. The Bertz CT molecular complexity index is 1210. The first-order chi connectivity index (χ1) is 12.8. The van der Waals surface area contributed by atoms with Crippen LogP contribution in [0.4, 0.5) is 0 Å². The maximum atomic E-state index is 5.25. The first-order valence-electron chi connectivity index (χ1n) is 8.10. The van der Waals surface area contributed by atoms with Gasteiger partial charge in [-0.15, -0.1) is 0 Å². The Labute approximate surface area is 148 Å². The summed E-state index contributed by atoms with van der Waals surface area (Å²) in [6, 6.07) is 11.7. The topological polar surface area (TPSA) is 92.4 Å². The number of ether oxygens (including phenoxy) is 1. The molecular formula is C19H14N6O. The van der Waals surface area contributed by atoms with Gasteiger partial charge in [0.2, 0.25) is 0 Å². The van der Waals surface area contributed by atoms with Crippen molar-refractivity contribution in [1.29, 1.82) is 0 Å². The van der Waals surface area contributed by atoms with Crippen molar-refractivity contribution in [2.75, 3.05) is 7.11 Å². The largest absolute Gasteiger partial charge is 0.495 e. The minimum Gasteiger partial charge on any atom is -0.495 e. The zero-order valence-corrected chi connectivity index (χ0v) is 13.9. The second kappa shape index (κ2) is 5.66. The molecule has 0 aliphatic heterocycles. The van der Waals surface area contributed by atoms with Crippen LogP contribution >= 0.6 is 0 Å². The molecule has 0 aliphatic rings. The van der Waals surface area contributed by atoms with Crippen molar-refractivity contribution in [3.63, 3.8) is 0 Å². The Balaban J connectivity index is 1.67. The molecule has 5 heterocycles. The van der Waals surface area contributed by atoms with E-state index < -0.39 is 0 Å². The molecule has 0 spiro atoms. The molecule has 0 amide bonds. The van der Waals surface area contributed by atoms with Gasteiger partial charge in [0.05, 0.1) is 41.2 Å². The van der Waals surface area contributed by atoms with Gasteiger partial charge < -0.3 is 9.72 Å². The molecule has 0 saturated carbocycles. The van der Waals surface area contributed by atoms with Crippen LogP contribution in [0.15, 0.2) is 55.0 Å². The summed E-state index contributed by atoms with van der Waals surface area (Å²) in [5.41, 5.74) is 6.84. The van der Waals surface area contributed by atoms with Crippen molar-refractivity contribution in [1.82, 2.24) is 30.1 Å². The van der Waals surface area contributed by atoms with Gasteiger partial charge in [0.1, 0.15) is 17.0 Å². The third kappa shape index (κ3) is 2.29. The van der Waals surface area contributed by atoms with Crippen LogP contribution < -0.4 is 4.74 Å². The lowest BCUT2D eigenvalue weighted by Crippen LogP contribution is -1.89. The number of aromatic nitrogens is 6. The third-order valence-corrected chi connectivity index (χ3v) is 4.30. The number of methoxy groups -OCH3 is 1. The average molecular weight is 342 g/mol. The van der Waals surface area contributed by atoms with E-state index in [9.17, 15) is 0 Å². The number of nitrogens with zero attached hydrogens (tertiary/aromatic N) is 4. The summed E-state index contributed by atoms with van der Waals surface area (Å²) in [5, 5.41) is 7.48. The summed E-state index contributed by atoms with van der Waals surface area (Å²) < 4.78 is 5.25. The molecule has 5 aromatic rings. The highest BCUT2D eigenvalue weighted by Crippen LogP contribution is 2.29. The maximum Gasteiger partial charge on any atom is 0.137 e. The number of pyridine rings is 3.